The van der Waals surface area contributed by atoms with E-state index in [1.54, 1.807) is 0 Å². The highest BCUT2D eigenvalue weighted by Crippen LogP contribution is 2.19. The monoisotopic (exact) mass is 391 g/mol. The van der Waals surface area contributed by atoms with Crippen molar-refractivity contribution in [3.05, 3.63) is 38.4 Å². The lowest BCUT2D eigenvalue weighted by Crippen LogP contribution is -2.15. The molecule has 18 heavy (non-hydrogen) atoms. The number of halogens is 3. The van der Waals surface area contributed by atoms with Crippen molar-refractivity contribution in [2.24, 2.45) is 0 Å². The topological polar surface area (TPSA) is 80.7 Å². The van der Waals surface area contributed by atoms with E-state index in [0.29, 0.717) is 15.0 Å². The van der Waals surface area contributed by atoms with Crippen LogP contribution in [0.5, 0.6) is 0 Å². The quantitative estimate of drug-likeness (QED) is 0.849. The van der Waals surface area contributed by atoms with Crippen LogP contribution in [0.1, 0.15) is 10.5 Å². The maximum Gasteiger partial charge on any atom is 0.277 e. The largest absolute Gasteiger partial charge is 0.303 e. The molecule has 0 aliphatic rings. The molecule has 9 heteroatoms. The minimum atomic E-state index is -0.448. The Kier molecular flexibility index (Phi) is 4.20. The summed E-state index contributed by atoms with van der Waals surface area (Å²) in [6.45, 7) is 0. The summed E-state index contributed by atoms with van der Waals surface area (Å²) >= 11 is 11.9. The second-order valence-electron chi connectivity index (χ2n) is 3.03. The molecule has 2 heterocycles. The highest BCUT2D eigenvalue weighted by atomic mass is 79.9. The lowest BCUT2D eigenvalue weighted by molar-refractivity contribution is 0.102. The average molecular weight is 393 g/mol. The Labute approximate surface area is 123 Å². The summed E-state index contributed by atoms with van der Waals surface area (Å²) in [5.74, 6) is -0.156. The minimum Gasteiger partial charge on any atom is -0.303 e. The predicted molar refractivity (Wildman–Crippen MR) is 72.4 cm³/mol. The van der Waals surface area contributed by atoms with E-state index in [1.807, 2.05) is 0 Å². The first-order chi connectivity index (χ1) is 8.56. The van der Waals surface area contributed by atoms with Crippen molar-refractivity contribution in [2.45, 2.75) is 0 Å². The number of aromatic nitrogens is 4. The third-order valence-electron chi connectivity index (χ3n) is 1.80. The third kappa shape index (κ3) is 3.21. The van der Waals surface area contributed by atoms with E-state index in [0.717, 1.165) is 0 Å². The summed E-state index contributed by atoms with van der Waals surface area (Å²) in [7, 11) is 0. The number of amides is 1. The average Bonchev–Trinajstić information content (AvgIpc) is 2.33. The molecule has 0 unspecified atom stereocenters. The zero-order valence-corrected chi connectivity index (χ0v) is 12.5. The lowest BCUT2D eigenvalue weighted by Gasteiger charge is -2.04. The SMILES string of the molecule is O=C(Nc1ncc(Br)nc1Br)c1ccc(Cl)nn1. The Morgan fingerprint density at radius 3 is 2.67 bits per heavy atom. The van der Waals surface area contributed by atoms with Gasteiger partial charge in [0.2, 0.25) is 0 Å². The summed E-state index contributed by atoms with van der Waals surface area (Å²) in [5.41, 5.74) is 0.135. The zero-order chi connectivity index (χ0) is 13.1. The second-order valence-corrected chi connectivity index (χ2v) is 4.98. The van der Waals surface area contributed by atoms with Crippen molar-refractivity contribution in [3.63, 3.8) is 0 Å². The molecule has 6 nitrogen and oxygen atoms in total. The van der Waals surface area contributed by atoms with Gasteiger partial charge in [0.25, 0.3) is 5.91 Å². The molecule has 2 aromatic heterocycles. The van der Waals surface area contributed by atoms with Crippen molar-refractivity contribution < 1.29 is 4.79 Å². The van der Waals surface area contributed by atoms with Crippen LogP contribution < -0.4 is 5.32 Å². The Morgan fingerprint density at radius 1 is 1.28 bits per heavy atom. The fraction of sp³-hybridized carbons (Fsp3) is 0. The molecule has 2 aromatic rings. The van der Waals surface area contributed by atoms with Gasteiger partial charge >= 0.3 is 0 Å². The van der Waals surface area contributed by atoms with Gasteiger partial charge in [0, 0.05) is 0 Å². The standard InChI is InChI=1S/C9H4Br2ClN5O/c10-5-3-13-8(7(11)14-5)15-9(18)4-1-2-6(12)17-16-4/h1-3H,(H,13,15,18). The second kappa shape index (κ2) is 5.68. The van der Waals surface area contributed by atoms with E-state index in [-0.39, 0.29) is 10.8 Å². The van der Waals surface area contributed by atoms with Gasteiger partial charge in [0.15, 0.2) is 16.7 Å². The van der Waals surface area contributed by atoms with Gasteiger partial charge < -0.3 is 5.32 Å². The van der Waals surface area contributed by atoms with Crippen LogP contribution in [0.25, 0.3) is 0 Å². The Balaban J connectivity index is 2.18. The van der Waals surface area contributed by atoms with Crippen molar-refractivity contribution in [3.8, 4) is 0 Å². The molecule has 0 saturated heterocycles. The van der Waals surface area contributed by atoms with Gasteiger partial charge in [-0.25, -0.2) is 9.97 Å². The number of hydrogen-bond acceptors (Lipinski definition) is 5. The van der Waals surface area contributed by atoms with E-state index in [4.69, 9.17) is 11.6 Å². The number of rotatable bonds is 2. The smallest absolute Gasteiger partial charge is 0.277 e. The fourth-order valence-electron chi connectivity index (χ4n) is 1.04. The van der Waals surface area contributed by atoms with E-state index in [1.165, 1.54) is 18.3 Å². The molecular formula is C9H4Br2ClN5O. The van der Waals surface area contributed by atoms with Crippen molar-refractivity contribution in [1.82, 2.24) is 20.2 Å². The zero-order valence-electron chi connectivity index (χ0n) is 8.56. The van der Waals surface area contributed by atoms with E-state index in [2.05, 4.69) is 57.3 Å². The maximum atomic E-state index is 11.8. The summed E-state index contributed by atoms with van der Waals surface area (Å²) in [6, 6.07) is 2.94. The van der Waals surface area contributed by atoms with Gasteiger partial charge in [-0.05, 0) is 44.0 Å². The van der Waals surface area contributed by atoms with Gasteiger partial charge in [-0.3, -0.25) is 4.79 Å². The first-order valence-corrected chi connectivity index (χ1v) is 6.51. The van der Waals surface area contributed by atoms with Crippen LogP contribution in [-0.2, 0) is 0 Å². The highest BCUT2D eigenvalue weighted by Gasteiger charge is 2.12. The number of nitrogens with one attached hydrogen (secondary N) is 1. The minimum absolute atomic E-state index is 0.135. The molecule has 1 amide bonds. The van der Waals surface area contributed by atoms with Gasteiger partial charge in [-0.15, -0.1) is 10.2 Å². The normalized spacial score (nSPS) is 10.2. The highest BCUT2D eigenvalue weighted by molar-refractivity contribution is 9.11. The Bertz CT molecular complexity index is 592. The summed E-state index contributed by atoms with van der Waals surface area (Å²) < 4.78 is 0.964. The number of carbonyl (C=O) groups is 1. The molecule has 0 bridgehead atoms. The first-order valence-electron chi connectivity index (χ1n) is 4.55. The molecule has 0 fully saturated rings. The van der Waals surface area contributed by atoms with Gasteiger partial charge in [-0.2, -0.15) is 0 Å². The fourth-order valence-corrected chi connectivity index (χ4v) is 2.05. The summed E-state index contributed by atoms with van der Waals surface area (Å²) in [5, 5.41) is 10.00. The van der Waals surface area contributed by atoms with Crippen LogP contribution in [0.15, 0.2) is 27.5 Å². The molecule has 0 atom stereocenters. The molecule has 1 N–H and O–H groups in total. The molecule has 92 valence electrons. The van der Waals surface area contributed by atoms with Crippen molar-refractivity contribution in [2.75, 3.05) is 5.32 Å². The van der Waals surface area contributed by atoms with E-state index >= 15 is 0 Å². The van der Waals surface area contributed by atoms with Crippen molar-refractivity contribution in [1.29, 1.82) is 0 Å². The first kappa shape index (κ1) is 13.3. The predicted octanol–water partition coefficient (Wildman–Crippen LogP) is 2.70. The molecule has 0 aliphatic heterocycles. The number of carbonyl (C=O) groups excluding carboxylic acids is 1. The van der Waals surface area contributed by atoms with Crippen LogP contribution in [0, 0.1) is 0 Å². The number of anilines is 1. The van der Waals surface area contributed by atoms with Crippen LogP contribution in [-0.4, -0.2) is 26.1 Å². The third-order valence-corrected chi connectivity index (χ3v) is 2.93. The summed E-state index contributed by atoms with van der Waals surface area (Å²) in [4.78, 5) is 19.8. The molecule has 0 spiro atoms. The van der Waals surface area contributed by atoms with Gasteiger partial charge in [-0.1, -0.05) is 11.6 Å². The molecule has 2 rings (SSSR count). The van der Waals surface area contributed by atoms with E-state index in [9.17, 15) is 4.79 Å². The Morgan fingerprint density at radius 2 is 2.06 bits per heavy atom. The maximum absolute atomic E-state index is 11.8. The van der Waals surface area contributed by atoms with Crippen LogP contribution in [0.2, 0.25) is 5.15 Å². The Hall–Kier alpha value is -1.12. The van der Waals surface area contributed by atoms with Crippen molar-refractivity contribution >= 4 is 55.2 Å². The molecule has 0 aliphatic carbocycles. The molecule has 0 radical (unpaired) electrons. The van der Waals surface area contributed by atoms with Crippen LogP contribution in [0.3, 0.4) is 0 Å². The summed E-state index contributed by atoms with van der Waals surface area (Å²) in [6.07, 6.45) is 1.47. The molecule has 0 saturated carbocycles. The lowest BCUT2D eigenvalue weighted by atomic mass is 10.4. The van der Waals surface area contributed by atoms with Crippen LogP contribution >= 0.6 is 43.5 Å². The molecular weight excluding hydrogens is 389 g/mol. The van der Waals surface area contributed by atoms with Gasteiger partial charge in [0.05, 0.1) is 6.20 Å². The van der Waals surface area contributed by atoms with Gasteiger partial charge in [0.1, 0.15) is 9.21 Å². The van der Waals surface area contributed by atoms with Crippen LogP contribution in [0.4, 0.5) is 5.82 Å². The molecule has 0 aromatic carbocycles. The van der Waals surface area contributed by atoms with E-state index < -0.39 is 5.91 Å². The number of nitrogens with zero attached hydrogens (tertiary/aromatic N) is 4. The number of hydrogen-bond donors (Lipinski definition) is 1.